The Labute approximate surface area is 170 Å². The number of hydrogen-bond acceptors (Lipinski definition) is 6. The largest absolute Gasteiger partial charge is 0.486 e. The normalized spacial score (nSPS) is 16.1. The van der Waals surface area contributed by atoms with Crippen molar-refractivity contribution in [2.75, 3.05) is 16.8 Å². The van der Waals surface area contributed by atoms with Gasteiger partial charge in [-0.05, 0) is 36.4 Å². The lowest BCUT2D eigenvalue weighted by molar-refractivity contribution is -0.122. The molecule has 148 valence electrons. The van der Waals surface area contributed by atoms with E-state index in [0.29, 0.717) is 15.8 Å². The van der Waals surface area contributed by atoms with Gasteiger partial charge in [-0.15, -0.1) is 10.2 Å². The second kappa shape index (κ2) is 8.36. The number of hydrogen-bond donors (Lipinski definition) is 1. The highest BCUT2D eigenvalue weighted by Gasteiger charge is 2.35. The lowest BCUT2D eigenvalue weighted by Crippen LogP contribution is -2.28. The van der Waals surface area contributed by atoms with Gasteiger partial charge >= 0.3 is 0 Å². The topological polar surface area (TPSA) is 84.4 Å². The van der Waals surface area contributed by atoms with Crippen LogP contribution in [-0.2, 0) is 16.2 Å². The fraction of sp³-hybridized carbons (Fsp3) is 0.200. The minimum Gasteiger partial charge on any atom is -0.486 e. The third-order valence-electron chi connectivity index (χ3n) is 4.44. The smallest absolute Gasteiger partial charge is 0.231 e. The molecule has 1 aliphatic heterocycles. The van der Waals surface area contributed by atoms with Gasteiger partial charge in [0.05, 0.1) is 5.92 Å². The van der Waals surface area contributed by atoms with Crippen LogP contribution in [0.2, 0.25) is 0 Å². The number of para-hydroxylation sites is 1. The van der Waals surface area contributed by atoms with Gasteiger partial charge in [-0.1, -0.05) is 29.5 Å². The summed E-state index contributed by atoms with van der Waals surface area (Å²) in [4.78, 5) is 26.3. The molecule has 0 aliphatic carbocycles. The first-order valence-electron chi connectivity index (χ1n) is 8.95. The van der Waals surface area contributed by atoms with Gasteiger partial charge in [-0.25, -0.2) is 4.39 Å². The van der Waals surface area contributed by atoms with Crippen LogP contribution < -0.4 is 15.0 Å². The van der Waals surface area contributed by atoms with E-state index in [0.717, 1.165) is 5.75 Å². The van der Waals surface area contributed by atoms with Gasteiger partial charge in [0.15, 0.2) is 5.01 Å². The van der Waals surface area contributed by atoms with Crippen LogP contribution in [0.4, 0.5) is 15.2 Å². The van der Waals surface area contributed by atoms with Gasteiger partial charge in [-0.2, -0.15) is 0 Å². The molecule has 0 saturated carbocycles. The van der Waals surface area contributed by atoms with E-state index in [1.54, 1.807) is 0 Å². The van der Waals surface area contributed by atoms with E-state index in [1.807, 2.05) is 30.3 Å². The monoisotopic (exact) mass is 412 g/mol. The number of benzene rings is 2. The van der Waals surface area contributed by atoms with E-state index in [2.05, 4.69) is 15.5 Å². The van der Waals surface area contributed by atoms with Crippen LogP contribution in [0.5, 0.6) is 5.75 Å². The molecule has 1 saturated heterocycles. The first-order valence-corrected chi connectivity index (χ1v) is 9.77. The molecule has 1 aliphatic rings. The van der Waals surface area contributed by atoms with Gasteiger partial charge in [-0.3, -0.25) is 9.59 Å². The molecule has 2 aromatic carbocycles. The van der Waals surface area contributed by atoms with Gasteiger partial charge in [0.1, 0.15) is 18.2 Å². The fourth-order valence-electron chi connectivity index (χ4n) is 2.99. The van der Waals surface area contributed by atoms with Crippen molar-refractivity contribution in [1.29, 1.82) is 0 Å². The molecule has 1 N–H and O–H groups in total. The van der Waals surface area contributed by atoms with Crippen LogP contribution in [-0.4, -0.2) is 28.6 Å². The number of rotatable bonds is 6. The molecule has 2 amide bonds. The third-order valence-corrected chi connectivity index (χ3v) is 5.25. The Bertz CT molecular complexity index is 1010. The molecular formula is C20H17FN4O3S. The third kappa shape index (κ3) is 4.57. The van der Waals surface area contributed by atoms with E-state index in [4.69, 9.17) is 4.74 Å². The van der Waals surface area contributed by atoms with E-state index in [1.165, 1.54) is 40.5 Å². The first-order chi connectivity index (χ1) is 14.1. The fourth-order valence-corrected chi connectivity index (χ4v) is 3.64. The molecule has 0 unspecified atom stereocenters. The Hall–Kier alpha value is -3.33. The minimum absolute atomic E-state index is 0.0893. The van der Waals surface area contributed by atoms with Crippen molar-refractivity contribution in [3.63, 3.8) is 0 Å². The molecule has 1 aromatic heterocycles. The molecule has 0 radical (unpaired) electrons. The molecule has 4 rings (SSSR count). The summed E-state index contributed by atoms with van der Waals surface area (Å²) < 4.78 is 18.7. The maximum absolute atomic E-state index is 13.1. The molecule has 3 aromatic rings. The van der Waals surface area contributed by atoms with Crippen molar-refractivity contribution in [2.24, 2.45) is 5.92 Å². The summed E-state index contributed by atoms with van der Waals surface area (Å²) in [7, 11) is 0. The summed E-state index contributed by atoms with van der Waals surface area (Å²) in [6, 6.07) is 15.0. The standard InChI is InChI=1S/C20H17FN4O3S/c21-14-6-8-15(9-7-14)25-11-13(10-18(25)26)19(27)22-20-24-23-17(29-20)12-28-16-4-2-1-3-5-16/h1-9,13H,10-12H2,(H,22,24,27)/t13-/m0/s1. The number of nitrogens with one attached hydrogen (secondary N) is 1. The van der Waals surface area contributed by atoms with Crippen molar-refractivity contribution < 1.29 is 18.7 Å². The van der Waals surface area contributed by atoms with Crippen LogP contribution in [0.15, 0.2) is 54.6 Å². The lowest BCUT2D eigenvalue weighted by atomic mass is 10.1. The van der Waals surface area contributed by atoms with Crippen molar-refractivity contribution >= 4 is 34.0 Å². The van der Waals surface area contributed by atoms with Crippen molar-refractivity contribution in [3.05, 3.63) is 65.4 Å². The summed E-state index contributed by atoms with van der Waals surface area (Å²) in [6.07, 6.45) is 0.0893. The maximum Gasteiger partial charge on any atom is 0.231 e. The summed E-state index contributed by atoms with van der Waals surface area (Å²) in [5, 5.41) is 11.7. The molecule has 1 atom stereocenters. The van der Waals surface area contributed by atoms with Crippen LogP contribution in [0.1, 0.15) is 11.4 Å². The molecule has 2 heterocycles. The average Bonchev–Trinajstić information content (AvgIpc) is 3.34. The predicted octanol–water partition coefficient (Wildman–Crippen LogP) is 3.25. The van der Waals surface area contributed by atoms with Crippen LogP contribution in [0, 0.1) is 11.7 Å². The van der Waals surface area contributed by atoms with Crippen LogP contribution >= 0.6 is 11.3 Å². The molecule has 9 heteroatoms. The predicted molar refractivity (Wildman–Crippen MR) is 106 cm³/mol. The van der Waals surface area contributed by atoms with E-state index in [9.17, 15) is 14.0 Å². The highest BCUT2D eigenvalue weighted by Crippen LogP contribution is 2.27. The highest BCUT2D eigenvalue weighted by molar-refractivity contribution is 7.15. The van der Waals surface area contributed by atoms with Gasteiger partial charge in [0, 0.05) is 18.7 Å². The molecular weight excluding hydrogens is 395 g/mol. The summed E-state index contributed by atoms with van der Waals surface area (Å²) in [6.45, 7) is 0.483. The van der Waals surface area contributed by atoms with E-state index < -0.39 is 5.92 Å². The number of anilines is 2. The van der Waals surface area contributed by atoms with Crippen molar-refractivity contribution in [1.82, 2.24) is 10.2 Å². The summed E-state index contributed by atoms with van der Waals surface area (Å²) >= 11 is 1.22. The Balaban J connectivity index is 1.33. The molecule has 1 fully saturated rings. The quantitative estimate of drug-likeness (QED) is 0.672. The zero-order chi connectivity index (χ0) is 20.2. The number of aromatic nitrogens is 2. The summed E-state index contributed by atoms with van der Waals surface area (Å²) in [5.74, 6) is -0.641. The van der Waals surface area contributed by atoms with Gasteiger partial charge < -0.3 is 15.0 Å². The second-order valence-corrected chi connectivity index (χ2v) is 7.54. The number of ether oxygens (including phenoxy) is 1. The number of carbonyl (C=O) groups is 2. The maximum atomic E-state index is 13.1. The van der Waals surface area contributed by atoms with Crippen molar-refractivity contribution in [2.45, 2.75) is 13.0 Å². The van der Waals surface area contributed by atoms with E-state index in [-0.39, 0.29) is 37.2 Å². The SMILES string of the molecule is O=C(Nc1nnc(COc2ccccc2)s1)[C@H]1CC(=O)N(c2ccc(F)cc2)C1. The Morgan fingerprint density at radius 2 is 1.93 bits per heavy atom. The van der Waals surface area contributed by atoms with Crippen LogP contribution in [0.25, 0.3) is 0 Å². The van der Waals surface area contributed by atoms with E-state index >= 15 is 0 Å². The van der Waals surface area contributed by atoms with Gasteiger partial charge in [0.2, 0.25) is 16.9 Å². The zero-order valence-electron chi connectivity index (χ0n) is 15.2. The second-order valence-electron chi connectivity index (χ2n) is 6.47. The minimum atomic E-state index is -0.513. The Kier molecular flexibility index (Phi) is 5.48. The van der Waals surface area contributed by atoms with Gasteiger partial charge in [0.25, 0.3) is 0 Å². The molecule has 0 bridgehead atoms. The summed E-state index contributed by atoms with van der Waals surface area (Å²) in [5.41, 5.74) is 0.572. The number of carbonyl (C=O) groups excluding carboxylic acids is 2. The Morgan fingerprint density at radius 1 is 1.17 bits per heavy atom. The molecule has 7 nitrogen and oxygen atoms in total. The average molecular weight is 412 g/mol. The first kappa shape index (κ1) is 19.0. The van der Waals surface area contributed by atoms with Crippen LogP contribution in [0.3, 0.4) is 0 Å². The number of halogens is 1. The zero-order valence-corrected chi connectivity index (χ0v) is 16.1. The molecule has 0 spiro atoms. The Morgan fingerprint density at radius 3 is 2.69 bits per heavy atom. The number of amides is 2. The highest BCUT2D eigenvalue weighted by atomic mass is 32.1. The lowest BCUT2D eigenvalue weighted by Gasteiger charge is -2.16. The molecule has 29 heavy (non-hydrogen) atoms. The van der Waals surface area contributed by atoms with Crippen molar-refractivity contribution in [3.8, 4) is 5.75 Å². The number of nitrogens with zero attached hydrogens (tertiary/aromatic N) is 3.